The van der Waals surface area contributed by atoms with Crippen molar-refractivity contribution in [2.45, 2.75) is 10.8 Å². The number of halogens is 1. The van der Waals surface area contributed by atoms with Gasteiger partial charge in [0.05, 0.1) is 7.05 Å². The average Bonchev–Trinajstić information content (AvgIpc) is 2.75. The van der Waals surface area contributed by atoms with Gasteiger partial charge in [0, 0.05) is 4.90 Å². The van der Waals surface area contributed by atoms with Crippen LogP contribution >= 0.6 is 11.8 Å². The molecule has 0 aliphatic rings. The highest BCUT2D eigenvalue weighted by atomic mass is 35.5. The van der Waals surface area contributed by atoms with E-state index in [1.54, 1.807) is 0 Å². The summed E-state index contributed by atoms with van der Waals surface area (Å²) < 4.78 is 4.45. The van der Waals surface area contributed by atoms with Crippen LogP contribution in [0.3, 0.4) is 0 Å². The fourth-order valence-corrected chi connectivity index (χ4v) is 2.95. The first-order chi connectivity index (χ1) is 8.84. The Labute approximate surface area is 123 Å². The van der Waals surface area contributed by atoms with E-state index in [2.05, 4.69) is 77.1 Å². The molecule has 0 fully saturated rings. The Balaban J connectivity index is 0.00000133. The molecule has 0 atom stereocenters. The topological polar surface area (TPSA) is 8.81 Å². The van der Waals surface area contributed by atoms with E-state index in [1.165, 1.54) is 15.9 Å². The standard InChI is InChI=1S/C15H15N2S.ClH/c1-16-11-17(15-10-6-5-9-14(15)16)12-18-13-7-3-2-4-8-13;/h2-11H,12H2,1H3;1H/q+1;/p-1. The van der Waals surface area contributed by atoms with Gasteiger partial charge in [0.2, 0.25) is 6.33 Å². The third-order valence-corrected chi connectivity index (χ3v) is 4.01. The maximum Gasteiger partial charge on any atom is 0.245 e. The Morgan fingerprint density at radius 1 is 1.00 bits per heavy atom. The molecule has 3 rings (SSSR count). The van der Waals surface area contributed by atoms with Crippen LogP contribution in [0.2, 0.25) is 0 Å². The number of aromatic nitrogens is 2. The molecule has 1 heterocycles. The molecule has 0 saturated carbocycles. The van der Waals surface area contributed by atoms with E-state index in [4.69, 9.17) is 0 Å². The number of nitrogens with zero attached hydrogens (tertiary/aromatic N) is 2. The summed E-state index contributed by atoms with van der Waals surface area (Å²) in [4.78, 5) is 1.30. The first-order valence-corrected chi connectivity index (χ1v) is 6.94. The van der Waals surface area contributed by atoms with Crippen molar-refractivity contribution in [3.63, 3.8) is 0 Å². The summed E-state index contributed by atoms with van der Waals surface area (Å²) in [5.74, 6) is 0.936. The largest absolute Gasteiger partial charge is 1.00 e. The zero-order chi connectivity index (χ0) is 12.4. The van der Waals surface area contributed by atoms with Crippen LogP contribution in [0.1, 0.15) is 0 Å². The summed E-state index contributed by atoms with van der Waals surface area (Å²) >= 11 is 1.85. The van der Waals surface area contributed by atoms with Crippen molar-refractivity contribution in [2.24, 2.45) is 7.05 Å². The zero-order valence-electron chi connectivity index (χ0n) is 10.7. The predicted molar refractivity (Wildman–Crippen MR) is 75.4 cm³/mol. The molecule has 1 aromatic heterocycles. The molecule has 0 spiro atoms. The summed E-state index contributed by atoms with van der Waals surface area (Å²) in [5.41, 5.74) is 2.55. The van der Waals surface area contributed by atoms with E-state index < -0.39 is 0 Å². The van der Waals surface area contributed by atoms with Crippen LogP contribution in [0.4, 0.5) is 0 Å². The number of para-hydroxylation sites is 2. The fraction of sp³-hybridized carbons (Fsp3) is 0.133. The summed E-state index contributed by atoms with van der Waals surface area (Å²) in [6.07, 6.45) is 2.15. The van der Waals surface area contributed by atoms with Crippen LogP contribution in [-0.4, -0.2) is 4.57 Å². The second-order valence-electron chi connectivity index (χ2n) is 4.27. The van der Waals surface area contributed by atoms with Crippen molar-refractivity contribution in [1.29, 1.82) is 0 Å². The highest BCUT2D eigenvalue weighted by molar-refractivity contribution is 7.98. The lowest BCUT2D eigenvalue weighted by Gasteiger charge is -1.98. The number of rotatable bonds is 3. The minimum Gasteiger partial charge on any atom is -1.00 e. The average molecular weight is 291 g/mol. The minimum atomic E-state index is 0. The van der Waals surface area contributed by atoms with Gasteiger partial charge in [0.15, 0.2) is 11.0 Å². The Morgan fingerprint density at radius 3 is 2.47 bits per heavy atom. The lowest BCUT2D eigenvalue weighted by atomic mass is 10.3. The smallest absolute Gasteiger partial charge is 0.245 e. The van der Waals surface area contributed by atoms with Crippen molar-refractivity contribution >= 4 is 22.8 Å². The zero-order valence-corrected chi connectivity index (χ0v) is 12.2. The SMILES string of the molecule is C[n+]1cn(CSc2ccccc2)c2ccccc21.[Cl-]. The Bertz CT molecular complexity index is 664. The number of fused-ring (bicyclic) bond motifs is 1. The molecule has 4 heteroatoms. The van der Waals surface area contributed by atoms with Gasteiger partial charge in [-0.2, -0.15) is 0 Å². The van der Waals surface area contributed by atoms with Crippen LogP contribution < -0.4 is 17.0 Å². The number of hydrogen-bond acceptors (Lipinski definition) is 1. The van der Waals surface area contributed by atoms with Crippen molar-refractivity contribution in [3.8, 4) is 0 Å². The van der Waals surface area contributed by atoms with Crippen LogP contribution in [0, 0.1) is 0 Å². The summed E-state index contributed by atoms with van der Waals surface area (Å²) in [5, 5.41) is 0. The molecular weight excluding hydrogens is 276 g/mol. The van der Waals surface area contributed by atoms with Gasteiger partial charge in [-0.3, -0.25) is 0 Å². The first-order valence-electron chi connectivity index (χ1n) is 5.96. The van der Waals surface area contributed by atoms with Crippen LogP contribution in [0.15, 0.2) is 65.8 Å². The maximum absolute atomic E-state index is 2.28. The van der Waals surface area contributed by atoms with E-state index in [0.29, 0.717) is 0 Å². The number of benzene rings is 2. The van der Waals surface area contributed by atoms with Gasteiger partial charge < -0.3 is 12.4 Å². The van der Waals surface area contributed by atoms with E-state index in [9.17, 15) is 0 Å². The van der Waals surface area contributed by atoms with Gasteiger partial charge in [0.1, 0.15) is 5.88 Å². The maximum atomic E-state index is 2.28. The molecule has 0 N–H and O–H groups in total. The molecule has 0 bridgehead atoms. The molecule has 0 radical (unpaired) electrons. The summed E-state index contributed by atoms with van der Waals surface area (Å²) in [6, 6.07) is 19.0. The third kappa shape index (κ3) is 2.94. The molecule has 0 amide bonds. The minimum absolute atomic E-state index is 0. The monoisotopic (exact) mass is 290 g/mol. The van der Waals surface area contributed by atoms with Gasteiger partial charge in [-0.1, -0.05) is 42.1 Å². The highest BCUT2D eigenvalue weighted by Gasteiger charge is 2.11. The summed E-state index contributed by atoms with van der Waals surface area (Å²) in [6.45, 7) is 0. The van der Waals surface area contributed by atoms with Crippen LogP contribution in [-0.2, 0) is 12.9 Å². The predicted octanol–water partition coefficient (Wildman–Crippen LogP) is 0.220. The molecule has 3 aromatic rings. The van der Waals surface area contributed by atoms with Gasteiger partial charge in [0.25, 0.3) is 0 Å². The molecule has 19 heavy (non-hydrogen) atoms. The van der Waals surface area contributed by atoms with E-state index in [-0.39, 0.29) is 12.4 Å². The molecule has 0 unspecified atom stereocenters. The van der Waals surface area contributed by atoms with Gasteiger partial charge in [-0.05, 0) is 24.3 Å². The second kappa shape index (κ2) is 6.13. The second-order valence-corrected chi connectivity index (χ2v) is 5.29. The van der Waals surface area contributed by atoms with Crippen LogP contribution in [0.5, 0.6) is 0 Å². The number of thioether (sulfide) groups is 1. The Hall–Kier alpha value is -1.45. The number of aryl methyl sites for hydroxylation is 1. The molecular formula is C15H15ClN2S. The molecule has 0 aliphatic heterocycles. The van der Waals surface area contributed by atoms with Crippen LogP contribution in [0.25, 0.3) is 11.0 Å². The fourth-order valence-electron chi connectivity index (χ4n) is 2.10. The quantitative estimate of drug-likeness (QED) is 0.495. The molecule has 2 aromatic carbocycles. The van der Waals surface area contributed by atoms with Crippen molar-refractivity contribution in [3.05, 3.63) is 60.9 Å². The van der Waals surface area contributed by atoms with Gasteiger partial charge in [-0.15, -0.1) is 0 Å². The molecule has 0 saturated heterocycles. The highest BCUT2D eigenvalue weighted by Crippen LogP contribution is 2.21. The van der Waals surface area contributed by atoms with Gasteiger partial charge in [-0.25, -0.2) is 9.13 Å². The normalized spacial score (nSPS) is 10.4. The third-order valence-electron chi connectivity index (χ3n) is 3.00. The van der Waals surface area contributed by atoms with Crippen molar-refractivity contribution in [2.75, 3.05) is 0 Å². The van der Waals surface area contributed by atoms with E-state index in [0.717, 1.165) is 5.88 Å². The van der Waals surface area contributed by atoms with Crippen molar-refractivity contribution < 1.29 is 17.0 Å². The van der Waals surface area contributed by atoms with E-state index in [1.807, 2.05) is 11.8 Å². The number of imidazole rings is 1. The Morgan fingerprint density at radius 2 is 1.68 bits per heavy atom. The van der Waals surface area contributed by atoms with Gasteiger partial charge >= 0.3 is 0 Å². The molecule has 2 nitrogen and oxygen atoms in total. The number of hydrogen-bond donors (Lipinski definition) is 0. The molecule has 98 valence electrons. The first kappa shape index (κ1) is 14.0. The van der Waals surface area contributed by atoms with E-state index >= 15 is 0 Å². The van der Waals surface area contributed by atoms with Crippen molar-refractivity contribution in [1.82, 2.24) is 4.57 Å². The lowest BCUT2D eigenvalue weighted by molar-refractivity contribution is -0.645. The lowest BCUT2D eigenvalue weighted by Crippen LogP contribution is -3.00. The summed E-state index contributed by atoms with van der Waals surface area (Å²) in [7, 11) is 2.09. The Kier molecular flexibility index (Phi) is 4.51. The molecule has 0 aliphatic carbocycles.